The number of halogens is 12. The zero-order valence-electron chi connectivity index (χ0n) is 60.0. The lowest BCUT2D eigenvalue weighted by Crippen LogP contribution is -2.36. The standard InChI is InChI=1S/2C14H20Cl2N2O.2C14H22Cl2N2.C9H20Cl2N2.C7H15Cl2N/c1-11(2)17-14(19)12-3-5-13(6-4-12)18(9-7-15)10-8-16;1-11(2)17-14(19)12-4-3-5-13(10-12)18(8-6-15)9-7-16;1-12(2)17-11-13-3-5-14(6-4-13)18(9-7-15)10-8-16;1-12(2)17-11-13-4-3-5-14(10-13)18(8-6-15)9-7-16;1-9(2)12-5-8-13(6-3-10)7-4-11;1-7(2)10(5-3-8)6-4-9/h3-6,11H,7-10H2,1-2H3,(H,17,19);3-5,10-11H,6-9H2,1-2H3,(H,17,19);3-6,12,17H,7-11H2,1-2H3;3-5,10,12,17H,6-9,11H2,1-2H3;9,12H,3-8H2,1-2H3;7H,3-6H2,1-2H3. The predicted molar refractivity (Wildman–Crippen MR) is 439 cm³/mol. The minimum atomic E-state index is -0.0615. The van der Waals surface area contributed by atoms with E-state index in [1.165, 1.54) is 22.5 Å². The van der Waals surface area contributed by atoms with E-state index in [0.717, 1.165) is 103 Å². The number of amides is 2. The van der Waals surface area contributed by atoms with Crippen LogP contribution in [0.3, 0.4) is 0 Å². The van der Waals surface area contributed by atoms with E-state index in [4.69, 9.17) is 139 Å². The first-order valence-electron chi connectivity index (χ1n) is 33.8. The van der Waals surface area contributed by atoms with Crippen LogP contribution in [0, 0.1) is 0 Å². The van der Waals surface area contributed by atoms with Gasteiger partial charge in [0.25, 0.3) is 11.8 Å². The molecule has 4 aromatic rings. The number of hydrogen-bond acceptors (Lipinski definition) is 11. The van der Waals surface area contributed by atoms with E-state index in [0.29, 0.717) is 119 Å². The third kappa shape index (κ3) is 50.4. The average Bonchev–Trinajstić information content (AvgIpc) is 0.950. The Morgan fingerprint density at radius 3 is 1.00 bits per heavy atom. The van der Waals surface area contributed by atoms with Gasteiger partial charge in [-0.05, 0) is 119 Å². The van der Waals surface area contributed by atoms with Crippen molar-refractivity contribution < 1.29 is 9.59 Å². The van der Waals surface area contributed by atoms with E-state index in [1.807, 2.05) is 70.2 Å². The molecule has 0 bridgehead atoms. The maximum Gasteiger partial charge on any atom is 0.251 e. The van der Waals surface area contributed by atoms with Gasteiger partial charge in [0.15, 0.2) is 0 Å². The van der Waals surface area contributed by atoms with Gasteiger partial charge >= 0.3 is 0 Å². The van der Waals surface area contributed by atoms with Crippen molar-refractivity contribution in [3.8, 4) is 0 Å². The molecular formula is C72H119Cl12N11O2. The molecule has 0 saturated carbocycles. The maximum absolute atomic E-state index is 12.0. The van der Waals surface area contributed by atoms with Crippen molar-refractivity contribution in [2.24, 2.45) is 0 Å². The Labute approximate surface area is 647 Å². The Kier molecular flexibility index (Phi) is 64.2. The molecule has 0 radical (unpaired) electrons. The van der Waals surface area contributed by atoms with Gasteiger partial charge in [0.2, 0.25) is 0 Å². The van der Waals surface area contributed by atoms with Crippen molar-refractivity contribution in [1.82, 2.24) is 36.4 Å². The van der Waals surface area contributed by atoms with Crippen LogP contribution in [0.15, 0.2) is 97.1 Å². The fraction of sp³-hybridized carbons (Fsp3) is 0.639. The van der Waals surface area contributed by atoms with Crippen LogP contribution in [0.1, 0.15) is 115 Å². The highest BCUT2D eigenvalue weighted by atomic mass is 35.5. The van der Waals surface area contributed by atoms with E-state index in [-0.39, 0.29) is 23.9 Å². The average molecular weight is 1600 g/mol. The van der Waals surface area contributed by atoms with Crippen molar-refractivity contribution >= 4 is 174 Å². The number of carbonyl (C=O) groups excluding carboxylic acids is 2. The quantitative estimate of drug-likeness (QED) is 0.0273. The summed E-state index contributed by atoms with van der Waals surface area (Å²) in [5, 5.41) is 15.9. The summed E-state index contributed by atoms with van der Waals surface area (Å²) in [5.41, 5.74) is 8.28. The molecule has 0 aliphatic carbocycles. The van der Waals surface area contributed by atoms with Gasteiger partial charge in [-0.25, -0.2) is 0 Å². The lowest BCUT2D eigenvalue weighted by atomic mass is 10.1. The molecule has 0 spiro atoms. The molecule has 0 fully saturated rings. The second kappa shape index (κ2) is 63.9. The lowest BCUT2D eigenvalue weighted by molar-refractivity contribution is 0.0934. The molecule has 0 saturated heterocycles. The highest BCUT2D eigenvalue weighted by Crippen LogP contribution is 2.20. The number of hydrogen-bond donors (Lipinski definition) is 5. The first kappa shape index (κ1) is 97.4. The third-order valence-corrected chi connectivity index (χ3v) is 15.9. The van der Waals surface area contributed by atoms with Gasteiger partial charge in [0.05, 0.1) is 0 Å². The van der Waals surface area contributed by atoms with Crippen molar-refractivity contribution in [1.29, 1.82) is 0 Å². The number of benzene rings is 4. The number of carbonyl (C=O) groups is 2. The molecule has 4 rings (SSSR count). The van der Waals surface area contributed by atoms with E-state index in [9.17, 15) is 9.59 Å². The number of anilines is 4. The van der Waals surface area contributed by atoms with Gasteiger partial charge in [-0.3, -0.25) is 19.4 Å². The highest BCUT2D eigenvalue weighted by molar-refractivity contribution is 6.21. The van der Waals surface area contributed by atoms with Crippen LogP contribution in [0.4, 0.5) is 22.7 Å². The molecule has 4 aromatic carbocycles. The van der Waals surface area contributed by atoms with Gasteiger partial charge in [0.1, 0.15) is 0 Å². The summed E-state index contributed by atoms with van der Waals surface area (Å²) in [6.07, 6.45) is 0. The van der Waals surface area contributed by atoms with Gasteiger partial charge in [-0.15, -0.1) is 139 Å². The summed E-state index contributed by atoms with van der Waals surface area (Å²) in [7, 11) is 0. The van der Waals surface area contributed by atoms with Crippen LogP contribution in [0.25, 0.3) is 0 Å². The third-order valence-electron chi connectivity index (χ3n) is 13.9. The summed E-state index contributed by atoms with van der Waals surface area (Å²) < 4.78 is 0. The molecule has 0 unspecified atom stereocenters. The molecule has 0 atom stereocenters. The minimum Gasteiger partial charge on any atom is -0.369 e. The molecule has 0 aromatic heterocycles. The van der Waals surface area contributed by atoms with Crippen LogP contribution in [-0.2, 0) is 13.1 Å². The molecule has 0 heterocycles. The SMILES string of the molecule is CC(C)N(CCCl)CCCl.CC(C)NC(=O)c1ccc(N(CCCl)CCCl)cc1.CC(C)NC(=O)c1cccc(N(CCCl)CCCl)c1.CC(C)NCCN(CCCl)CCCl.CC(C)NCc1ccc(N(CCCl)CCCl)cc1.CC(C)NCc1cccc(N(CCCl)CCCl)c1. The summed E-state index contributed by atoms with van der Waals surface area (Å²) in [5.74, 6) is 7.24. The molecular weight excluding hydrogens is 1480 g/mol. The minimum absolute atomic E-state index is 0.0530. The number of rotatable bonds is 43. The van der Waals surface area contributed by atoms with E-state index < -0.39 is 0 Å². The molecule has 0 aliphatic heterocycles. The summed E-state index contributed by atoms with van der Waals surface area (Å²) in [6.45, 7) is 38.7. The van der Waals surface area contributed by atoms with Crippen molar-refractivity contribution in [2.75, 3.05) is 182 Å². The van der Waals surface area contributed by atoms with E-state index >= 15 is 0 Å². The van der Waals surface area contributed by atoms with Crippen LogP contribution < -0.4 is 46.2 Å². The number of nitrogens with zero attached hydrogens (tertiary/aromatic N) is 6. The smallest absolute Gasteiger partial charge is 0.251 e. The molecule has 97 heavy (non-hydrogen) atoms. The zero-order valence-corrected chi connectivity index (χ0v) is 69.1. The Morgan fingerprint density at radius 2 is 0.649 bits per heavy atom. The van der Waals surface area contributed by atoms with Crippen LogP contribution in [-0.4, -0.2) is 220 Å². The Bertz CT molecular complexity index is 2440. The Hall–Kier alpha value is -1.70. The van der Waals surface area contributed by atoms with Gasteiger partial charge in [0, 0.05) is 245 Å². The number of alkyl halides is 12. The molecule has 0 aliphatic rings. The van der Waals surface area contributed by atoms with Crippen LogP contribution in [0.2, 0.25) is 0 Å². The van der Waals surface area contributed by atoms with E-state index in [1.54, 1.807) is 6.07 Å². The molecule has 25 heteroatoms. The molecule has 2 amide bonds. The summed E-state index contributed by atoms with van der Waals surface area (Å²) in [4.78, 5) is 36.9. The largest absolute Gasteiger partial charge is 0.369 e. The predicted octanol–water partition coefficient (Wildman–Crippen LogP) is 17.1. The van der Waals surface area contributed by atoms with Gasteiger partial charge < -0.3 is 46.2 Å². The zero-order chi connectivity index (χ0) is 73.3. The fourth-order valence-electron chi connectivity index (χ4n) is 8.92. The van der Waals surface area contributed by atoms with Crippen molar-refractivity contribution in [3.05, 3.63) is 119 Å². The fourth-order valence-corrected chi connectivity index (χ4v) is 11.5. The molecule has 13 nitrogen and oxygen atoms in total. The second-order valence-electron chi connectivity index (χ2n) is 24.1. The first-order chi connectivity index (χ1) is 46.4. The topological polar surface area (TPSA) is 114 Å². The maximum atomic E-state index is 12.0. The van der Waals surface area contributed by atoms with E-state index in [2.05, 4.69) is 160 Å². The van der Waals surface area contributed by atoms with Crippen molar-refractivity contribution in [2.45, 2.75) is 132 Å². The summed E-state index contributed by atoms with van der Waals surface area (Å²) >= 11 is 68.9. The monoisotopic (exact) mass is 1590 g/mol. The second-order valence-corrected chi connectivity index (χ2v) is 28.6. The van der Waals surface area contributed by atoms with Gasteiger partial charge in [-0.1, -0.05) is 71.9 Å². The van der Waals surface area contributed by atoms with Crippen LogP contribution >= 0.6 is 139 Å². The lowest BCUT2D eigenvalue weighted by Gasteiger charge is -2.23. The van der Waals surface area contributed by atoms with Crippen LogP contribution in [0.5, 0.6) is 0 Å². The Balaban J connectivity index is 0. The normalized spacial score (nSPS) is 10.9. The van der Waals surface area contributed by atoms with Crippen molar-refractivity contribution in [3.63, 3.8) is 0 Å². The Morgan fingerprint density at radius 1 is 0.320 bits per heavy atom. The molecule has 558 valence electrons. The first-order valence-corrected chi connectivity index (χ1v) is 40.2. The highest BCUT2D eigenvalue weighted by Gasteiger charge is 2.14. The summed E-state index contributed by atoms with van der Waals surface area (Å²) in [6, 6.07) is 34.5. The molecule has 5 N–H and O–H groups in total. The number of nitrogens with one attached hydrogen (secondary N) is 5. The van der Waals surface area contributed by atoms with Gasteiger partial charge in [-0.2, -0.15) is 0 Å².